The molecular weight excluding hydrogens is 250 g/mol. The Morgan fingerprint density at radius 3 is 2.70 bits per heavy atom. The summed E-state index contributed by atoms with van der Waals surface area (Å²) in [6, 6.07) is 4.31. The van der Waals surface area contributed by atoms with E-state index in [1.165, 1.54) is 12.8 Å². The standard InChI is InChI=1S/C16H27N3O/c1-10(2)9-20-16-13(17)6-8-15(19-16)18-14-7-5-11(3)12(14)4/h6,8,10-12,14H,5,7,9,17H2,1-4H3,(H,18,19). The van der Waals surface area contributed by atoms with Crippen molar-refractivity contribution in [3.8, 4) is 5.88 Å². The minimum absolute atomic E-state index is 0.462. The molecule has 0 amide bonds. The zero-order chi connectivity index (χ0) is 14.7. The van der Waals surface area contributed by atoms with Crippen LogP contribution in [0.5, 0.6) is 5.88 Å². The number of hydrogen-bond acceptors (Lipinski definition) is 4. The summed E-state index contributed by atoms with van der Waals surface area (Å²) in [5.41, 5.74) is 6.52. The van der Waals surface area contributed by atoms with E-state index in [0.717, 1.165) is 11.7 Å². The lowest BCUT2D eigenvalue weighted by Gasteiger charge is -2.21. The fraction of sp³-hybridized carbons (Fsp3) is 0.688. The topological polar surface area (TPSA) is 60.2 Å². The molecule has 0 radical (unpaired) electrons. The van der Waals surface area contributed by atoms with Gasteiger partial charge in [-0.05, 0) is 42.7 Å². The first-order valence-corrected chi connectivity index (χ1v) is 7.63. The number of hydrogen-bond donors (Lipinski definition) is 2. The van der Waals surface area contributed by atoms with Crippen molar-refractivity contribution in [2.45, 2.75) is 46.6 Å². The molecular formula is C16H27N3O. The van der Waals surface area contributed by atoms with Crippen molar-refractivity contribution in [1.29, 1.82) is 0 Å². The molecule has 1 aromatic heterocycles. The van der Waals surface area contributed by atoms with Crippen molar-refractivity contribution in [2.24, 2.45) is 17.8 Å². The Balaban J connectivity index is 2.03. The summed E-state index contributed by atoms with van der Waals surface area (Å²) in [7, 11) is 0. The van der Waals surface area contributed by atoms with Gasteiger partial charge >= 0.3 is 0 Å². The molecule has 0 saturated heterocycles. The number of rotatable bonds is 5. The van der Waals surface area contributed by atoms with Crippen LogP contribution in [0.25, 0.3) is 0 Å². The predicted octanol–water partition coefficient (Wildman–Crippen LogP) is 3.55. The summed E-state index contributed by atoms with van der Waals surface area (Å²) < 4.78 is 5.68. The number of nitrogens with two attached hydrogens (primary N) is 1. The van der Waals surface area contributed by atoms with Gasteiger partial charge in [-0.15, -0.1) is 0 Å². The first kappa shape index (κ1) is 14.9. The van der Waals surface area contributed by atoms with E-state index in [1.54, 1.807) is 0 Å². The molecule has 112 valence electrons. The number of pyridine rings is 1. The van der Waals surface area contributed by atoms with Crippen LogP contribution in [0.15, 0.2) is 12.1 Å². The smallest absolute Gasteiger partial charge is 0.239 e. The third kappa shape index (κ3) is 3.56. The monoisotopic (exact) mass is 277 g/mol. The molecule has 3 unspecified atom stereocenters. The van der Waals surface area contributed by atoms with Gasteiger partial charge in [0.1, 0.15) is 5.82 Å². The molecule has 20 heavy (non-hydrogen) atoms. The van der Waals surface area contributed by atoms with E-state index in [1.807, 2.05) is 12.1 Å². The van der Waals surface area contributed by atoms with Gasteiger partial charge in [0.2, 0.25) is 5.88 Å². The molecule has 0 aromatic carbocycles. The Morgan fingerprint density at radius 1 is 1.35 bits per heavy atom. The molecule has 1 heterocycles. The van der Waals surface area contributed by atoms with E-state index in [2.05, 4.69) is 38.0 Å². The maximum absolute atomic E-state index is 5.92. The largest absolute Gasteiger partial charge is 0.476 e. The van der Waals surface area contributed by atoms with Crippen LogP contribution in [0.4, 0.5) is 11.5 Å². The van der Waals surface area contributed by atoms with Crippen molar-refractivity contribution in [3.05, 3.63) is 12.1 Å². The lowest BCUT2D eigenvalue weighted by molar-refractivity contribution is 0.263. The highest BCUT2D eigenvalue weighted by Crippen LogP contribution is 2.33. The normalized spacial score (nSPS) is 25.9. The van der Waals surface area contributed by atoms with Gasteiger partial charge in [0, 0.05) is 6.04 Å². The van der Waals surface area contributed by atoms with Crippen LogP contribution in [-0.2, 0) is 0 Å². The fourth-order valence-corrected chi connectivity index (χ4v) is 2.65. The van der Waals surface area contributed by atoms with Gasteiger partial charge in [0.25, 0.3) is 0 Å². The fourth-order valence-electron chi connectivity index (χ4n) is 2.65. The second-order valence-corrected chi connectivity index (χ2v) is 6.46. The third-order valence-corrected chi connectivity index (χ3v) is 4.24. The van der Waals surface area contributed by atoms with Crippen molar-refractivity contribution < 1.29 is 4.74 Å². The third-order valence-electron chi connectivity index (χ3n) is 4.24. The van der Waals surface area contributed by atoms with Crippen LogP contribution in [0.3, 0.4) is 0 Å². The van der Waals surface area contributed by atoms with E-state index in [-0.39, 0.29) is 0 Å². The van der Waals surface area contributed by atoms with E-state index in [9.17, 15) is 0 Å². The molecule has 3 atom stereocenters. The zero-order valence-electron chi connectivity index (χ0n) is 13.0. The van der Waals surface area contributed by atoms with Gasteiger partial charge in [-0.3, -0.25) is 0 Å². The van der Waals surface area contributed by atoms with E-state index >= 15 is 0 Å². The summed E-state index contributed by atoms with van der Waals surface area (Å²) in [5.74, 6) is 3.32. The zero-order valence-corrected chi connectivity index (χ0v) is 13.0. The van der Waals surface area contributed by atoms with E-state index in [4.69, 9.17) is 10.5 Å². The Labute approximate surface area is 122 Å². The molecule has 4 nitrogen and oxygen atoms in total. The summed E-state index contributed by atoms with van der Waals surface area (Å²) in [5, 5.41) is 3.53. The lowest BCUT2D eigenvalue weighted by atomic mass is 9.98. The Hall–Kier alpha value is -1.45. The summed E-state index contributed by atoms with van der Waals surface area (Å²) in [6.07, 6.45) is 2.49. The number of nitrogens with one attached hydrogen (secondary N) is 1. The van der Waals surface area contributed by atoms with Gasteiger partial charge in [-0.2, -0.15) is 4.98 Å². The van der Waals surface area contributed by atoms with Crippen LogP contribution >= 0.6 is 0 Å². The quantitative estimate of drug-likeness (QED) is 0.864. The van der Waals surface area contributed by atoms with E-state index in [0.29, 0.717) is 36.1 Å². The van der Waals surface area contributed by atoms with Gasteiger partial charge in [-0.1, -0.05) is 27.7 Å². The average Bonchev–Trinajstić information content (AvgIpc) is 2.71. The number of nitrogens with zero attached hydrogens (tertiary/aromatic N) is 1. The number of anilines is 2. The molecule has 3 N–H and O–H groups in total. The maximum atomic E-state index is 5.92. The van der Waals surface area contributed by atoms with Crippen molar-refractivity contribution >= 4 is 11.5 Å². The van der Waals surface area contributed by atoms with Crippen LogP contribution in [0.1, 0.15) is 40.5 Å². The second-order valence-electron chi connectivity index (χ2n) is 6.46. The first-order chi connectivity index (χ1) is 9.47. The molecule has 0 aliphatic heterocycles. The minimum atomic E-state index is 0.462. The highest BCUT2D eigenvalue weighted by atomic mass is 16.5. The van der Waals surface area contributed by atoms with Gasteiger partial charge < -0.3 is 15.8 Å². The highest BCUT2D eigenvalue weighted by Gasteiger charge is 2.29. The molecule has 1 aromatic rings. The average molecular weight is 277 g/mol. The van der Waals surface area contributed by atoms with Crippen LogP contribution in [-0.4, -0.2) is 17.6 Å². The van der Waals surface area contributed by atoms with Gasteiger partial charge in [0.05, 0.1) is 12.3 Å². The van der Waals surface area contributed by atoms with Crippen LogP contribution in [0, 0.1) is 17.8 Å². The SMILES string of the molecule is CC(C)COc1nc(NC2CCC(C)C2C)ccc1N. The van der Waals surface area contributed by atoms with E-state index < -0.39 is 0 Å². The number of nitrogen functional groups attached to an aromatic ring is 1. The summed E-state index contributed by atoms with van der Waals surface area (Å²) in [4.78, 5) is 4.51. The predicted molar refractivity (Wildman–Crippen MR) is 84.0 cm³/mol. The Bertz CT molecular complexity index is 447. The summed E-state index contributed by atoms with van der Waals surface area (Å²) in [6.45, 7) is 9.49. The number of aromatic nitrogens is 1. The molecule has 1 fully saturated rings. The van der Waals surface area contributed by atoms with Crippen LogP contribution < -0.4 is 15.8 Å². The molecule has 0 bridgehead atoms. The summed E-state index contributed by atoms with van der Waals surface area (Å²) >= 11 is 0. The second kappa shape index (κ2) is 6.33. The maximum Gasteiger partial charge on any atom is 0.239 e. The van der Waals surface area contributed by atoms with Crippen molar-refractivity contribution in [3.63, 3.8) is 0 Å². The molecule has 4 heteroatoms. The number of ether oxygens (including phenoxy) is 1. The van der Waals surface area contributed by atoms with Crippen molar-refractivity contribution in [2.75, 3.05) is 17.7 Å². The van der Waals surface area contributed by atoms with Gasteiger partial charge in [0.15, 0.2) is 0 Å². The highest BCUT2D eigenvalue weighted by molar-refractivity contribution is 5.54. The van der Waals surface area contributed by atoms with Crippen molar-refractivity contribution in [1.82, 2.24) is 4.98 Å². The van der Waals surface area contributed by atoms with Gasteiger partial charge in [-0.25, -0.2) is 0 Å². The molecule has 0 spiro atoms. The Kier molecular flexibility index (Phi) is 4.73. The molecule has 1 saturated carbocycles. The van der Waals surface area contributed by atoms with Crippen LogP contribution in [0.2, 0.25) is 0 Å². The molecule has 1 aliphatic carbocycles. The lowest BCUT2D eigenvalue weighted by Crippen LogP contribution is -2.24. The molecule has 1 aliphatic rings. The molecule has 2 rings (SSSR count). The minimum Gasteiger partial charge on any atom is -0.476 e. The first-order valence-electron chi connectivity index (χ1n) is 7.63. The Morgan fingerprint density at radius 2 is 2.10 bits per heavy atom.